The van der Waals surface area contributed by atoms with Crippen LogP contribution in [0.25, 0.3) is 16.8 Å². The average molecular weight is 334 g/mol. The number of hydrogen-bond donors (Lipinski definition) is 1. The first-order chi connectivity index (χ1) is 12.2. The standard InChI is InChI=1S/C22H26N2O/c1-4-18(5-2)21-14-20(19-8-6-17(15-25)7-9-19)10-11-22(21)24-13-12-16(3)23-24/h6-14,18,25H,4-5,15H2,1-3H3. The number of hydrogen-bond acceptors (Lipinski definition) is 2. The lowest BCUT2D eigenvalue weighted by atomic mass is 9.89. The monoisotopic (exact) mass is 334 g/mol. The third-order valence-corrected chi connectivity index (χ3v) is 4.89. The van der Waals surface area contributed by atoms with Crippen LogP contribution < -0.4 is 0 Å². The fourth-order valence-electron chi connectivity index (χ4n) is 3.35. The Kier molecular flexibility index (Phi) is 5.34. The Balaban J connectivity index is 2.08. The van der Waals surface area contributed by atoms with Crippen LogP contribution in [0.5, 0.6) is 0 Å². The van der Waals surface area contributed by atoms with E-state index in [-0.39, 0.29) is 6.61 Å². The van der Waals surface area contributed by atoms with Crippen LogP contribution in [0.4, 0.5) is 0 Å². The molecular weight excluding hydrogens is 308 g/mol. The molecule has 0 aliphatic heterocycles. The molecule has 0 aliphatic carbocycles. The van der Waals surface area contributed by atoms with Gasteiger partial charge >= 0.3 is 0 Å². The van der Waals surface area contributed by atoms with E-state index in [1.807, 2.05) is 36.0 Å². The first-order valence-corrected chi connectivity index (χ1v) is 9.03. The molecular formula is C22H26N2O. The summed E-state index contributed by atoms with van der Waals surface area (Å²) >= 11 is 0. The van der Waals surface area contributed by atoms with Crippen molar-refractivity contribution in [2.75, 3.05) is 0 Å². The lowest BCUT2D eigenvalue weighted by molar-refractivity contribution is 0.282. The number of benzene rings is 2. The molecule has 1 N–H and O–H groups in total. The van der Waals surface area contributed by atoms with Crippen LogP contribution in [-0.2, 0) is 6.61 Å². The highest BCUT2D eigenvalue weighted by atomic mass is 16.3. The number of aliphatic hydroxyl groups is 1. The molecule has 1 heterocycles. The number of aromatic nitrogens is 2. The van der Waals surface area contributed by atoms with E-state index < -0.39 is 0 Å². The van der Waals surface area contributed by atoms with Crippen LogP contribution >= 0.6 is 0 Å². The maximum atomic E-state index is 9.23. The van der Waals surface area contributed by atoms with Crippen molar-refractivity contribution >= 4 is 0 Å². The molecule has 3 aromatic rings. The van der Waals surface area contributed by atoms with Crippen LogP contribution in [0, 0.1) is 6.92 Å². The molecule has 3 heteroatoms. The van der Waals surface area contributed by atoms with Crippen molar-refractivity contribution in [3.05, 3.63) is 71.5 Å². The average Bonchev–Trinajstić information content (AvgIpc) is 3.09. The van der Waals surface area contributed by atoms with Gasteiger partial charge in [0.05, 0.1) is 18.0 Å². The molecule has 0 bridgehead atoms. The largest absolute Gasteiger partial charge is 0.392 e. The number of nitrogens with zero attached hydrogens (tertiary/aromatic N) is 2. The summed E-state index contributed by atoms with van der Waals surface area (Å²) < 4.78 is 1.99. The Hall–Kier alpha value is -2.39. The van der Waals surface area contributed by atoms with Gasteiger partial charge in [-0.2, -0.15) is 5.10 Å². The lowest BCUT2D eigenvalue weighted by Gasteiger charge is -2.19. The zero-order valence-corrected chi connectivity index (χ0v) is 15.2. The number of rotatable bonds is 6. The van der Waals surface area contributed by atoms with E-state index in [2.05, 4.69) is 49.3 Å². The summed E-state index contributed by atoms with van der Waals surface area (Å²) in [6.07, 6.45) is 4.25. The molecule has 0 aliphatic rings. The third kappa shape index (κ3) is 3.67. The first kappa shape index (κ1) is 17.4. The quantitative estimate of drug-likeness (QED) is 0.669. The highest BCUT2D eigenvalue weighted by Gasteiger charge is 2.15. The molecule has 25 heavy (non-hydrogen) atoms. The predicted molar refractivity (Wildman–Crippen MR) is 103 cm³/mol. The molecule has 3 nitrogen and oxygen atoms in total. The molecule has 0 saturated heterocycles. The van der Waals surface area contributed by atoms with Gasteiger partial charge in [-0.15, -0.1) is 0 Å². The smallest absolute Gasteiger partial charge is 0.0681 e. The highest BCUT2D eigenvalue weighted by molar-refractivity contribution is 5.67. The molecule has 0 radical (unpaired) electrons. The van der Waals surface area contributed by atoms with E-state index in [0.717, 1.165) is 29.8 Å². The second kappa shape index (κ2) is 7.66. The summed E-state index contributed by atoms with van der Waals surface area (Å²) in [5.41, 5.74) is 6.85. The Morgan fingerprint density at radius 1 is 0.960 bits per heavy atom. The van der Waals surface area contributed by atoms with Gasteiger partial charge in [0.15, 0.2) is 0 Å². The van der Waals surface area contributed by atoms with Gasteiger partial charge in [-0.25, -0.2) is 4.68 Å². The second-order valence-electron chi connectivity index (χ2n) is 6.54. The van der Waals surface area contributed by atoms with Gasteiger partial charge in [-0.3, -0.25) is 0 Å². The van der Waals surface area contributed by atoms with Gasteiger partial charge in [-0.1, -0.05) is 44.2 Å². The topological polar surface area (TPSA) is 38.0 Å². The molecule has 0 saturated carbocycles. The maximum absolute atomic E-state index is 9.23. The van der Waals surface area contributed by atoms with E-state index >= 15 is 0 Å². The van der Waals surface area contributed by atoms with Crippen molar-refractivity contribution in [3.8, 4) is 16.8 Å². The van der Waals surface area contributed by atoms with Crippen molar-refractivity contribution < 1.29 is 5.11 Å². The lowest BCUT2D eigenvalue weighted by Crippen LogP contribution is -2.05. The van der Waals surface area contributed by atoms with Crippen LogP contribution in [0.3, 0.4) is 0 Å². The van der Waals surface area contributed by atoms with Gasteiger partial charge in [0.2, 0.25) is 0 Å². The zero-order valence-electron chi connectivity index (χ0n) is 15.2. The Labute approximate surface area is 150 Å². The van der Waals surface area contributed by atoms with Crippen LogP contribution in [-0.4, -0.2) is 14.9 Å². The van der Waals surface area contributed by atoms with Gasteiger partial charge in [0.1, 0.15) is 0 Å². The van der Waals surface area contributed by atoms with E-state index in [1.54, 1.807) is 0 Å². The van der Waals surface area contributed by atoms with Crippen molar-refractivity contribution in [1.82, 2.24) is 9.78 Å². The molecule has 2 aromatic carbocycles. The van der Waals surface area contributed by atoms with E-state index in [9.17, 15) is 5.11 Å². The molecule has 130 valence electrons. The Morgan fingerprint density at radius 2 is 1.64 bits per heavy atom. The maximum Gasteiger partial charge on any atom is 0.0681 e. The van der Waals surface area contributed by atoms with Crippen molar-refractivity contribution in [2.24, 2.45) is 0 Å². The van der Waals surface area contributed by atoms with Gasteiger partial charge in [0, 0.05) is 6.20 Å². The Bertz CT molecular complexity index is 829. The molecule has 0 fully saturated rings. The molecule has 0 spiro atoms. The van der Waals surface area contributed by atoms with Gasteiger partial charge in [-0.05, 0) is 66.1 Å². The zero-order chi connectivity index (χ0) is 17.8. The molecule has 1 aromatic heterocycles. The highest BCUT2D eigenvalue weighted by Crippen LogP contribution is 2.33. The van der Waals surface area contributed by atoms with E-state index in [0.29, 0.717) is 5.92 Å². The summed E-state index contributed by atoms with van der Waals surface area (Å²) in [5, 5.41) is 13.8. The van der Waals surface area contributed by atoms with Crippen molar-refractivity contribution in [1.29, 1.82) is 0 Å². The summed E-state index contributed by atoms with van der Waals surface area (Å²) in [7, 11) is 0. The third-order valence-electron chi connectivity index (χ3n) is 4.89. The summed E-state index contributed by atoms with van der Waals surface area (Å²) in [6.45, 7) is 6.59. The number of aryl methyl sites for hydroxylation is 1. The van der Waals surface area contributed by atoms with Crippen LogP contribution in [0.1, 0.15) is 49.4 Å². The molecule has 0 amide bonds. The van der Waals surface area contributed by atoms with E-state index in [4.69, 9.17) is 0 Å². The van der Waals surface area contributed by atoms with Crippen LogP contribution in [0.15, 0.2) is 54.7 Å². The van der Waals surface area contributed by atoms with Gasteiger partial charge in [0.25, 0.3) is 0 Å². The fourth-order valence-corrected chi connectivity index (χ4v) is 3.35. The minimum absolute atomic E-state index is 0.0802. The summed E-state index contributed by atoms with van der Waals surface area (Å²) in [6, 6.07) is 16.8. The first-order valence-electron chi connectivity index (χ1n) is 9.03. The minimum Gasteiger partial charge on any atom is -0.392 e. The van der Waals surface area contributed by atoms with Crippen molar-refractivity contribution in [2.45, 2.75) is 46.1 Å². The number of aliphatic hydroxyl groups excluding tert-OH is 1. The normalized spacial score (nSPS) is 11.2. The molecule has 0 atom stereocenters. The predicted octanol–water partition coefficient (Wildman–Crippen LogP) is 5.24. The summed E-state index contributed by atoms with van der Waals surface area (Å²) in [4.78, 5) is 0. The minimum atomic E-state index is 0.0802. The molecule has 0 unspecified atom stereocenters. The molecule has 3 rings (SSSR count). The summed E-state index contributed by atoms with van der Waals surface area (Å²) in [5.74, 6) is 0.510. The van der Waals surface area contributed by atoms with Gasteiger partial charge < -0.3 is 5.11 Å². The Morgan fingerprint density at radius 3 is 2.20 bits per heavy atom. The SMILES string of the molecule is CCC(CC)c1cc(-c2ccc(CO)cc2)ccc1-n1ccc(C)n1. The van der Waals surface area contributed by atoms with Crippen molar-refractivity contribution in [3.63, 3.8) is 0 Å². The fraction of sp³-hybridized carbons (Fsp3) is 0.318. The second-order valence-corrected chi connectivity index (χ2v) is 6.54. The van der Waals surface area contributed by atoms with Crippen LogP contribution in [0.2, 0.25) is 0 Å². The van der Waals surface area contributed by atoms with E-state index in [1.165, 1.54) is 16.7 Å².